The molecule has 2 bridgehead atoms. The van der Waals surface area contributed by atoms with Crippen molar-refractivity contribution in [2.45, 2.75) is 18.8 Å². The van der Waals surface area contributed by atoms with E-state index in [0.29, 0.717) is 12.2 Å². The Balaban J connectivity index is 1.40. The highest BCUT2D eigenvalue weighted by Crippen LogP contribution is 2.60. The number of imide groups is 1. The summed E-state index contributed by atoms with van der Waals surface area (Å²) in [4.78, 5) is 27.1. The molecule has 7 rings (SSSR count). The zero-order chi connectivity index (χ0) is 23.6. The summed E-state index contributed by atoms with van der Waals surface area (Å²) in [7, 11) is 0. The first-order valence-electron chi connectivity index (χ1n) is 11.3. The van der Waals surface area contributed by atoms with Crippen LogP contribution in [0.3, 0.4) is 0 Å². The molecule has 4 aliphatic rings. The van der Waals surface area contributed by atoms with Gasteiger partial charge in [-0.1, -0.05) is 60.1 Å². The van der Waals surface area contributed by atoms with E-state index in [0.717, 1.165) is 27.3 Å². The van der Waals surface area contributed by atoms with Crippen LogP contribution in [0.15, 0.2) is 65.8 Å². The Hall–Kier alpha value is -3.64. The first kappa shape index (κ1) is 20.9. The lowest BCUT2D eigenvalue weighted by Gasteiger charge is -2.45. The number of hydrogen-bond acceptors (Lipinski definition) is 5. The molecule has 3 aliphatic carbocycles. The van der Waals surface area contributed by atoms with Crippen molar-refractivity contribution in [3.63, 3.8) is 0 Å². The van der Waals surface area contributed by atoms with Gasteiger partial charge in [0, 0.05) is 11.8 Å². The molecule has 1 N–H and O–H groups in total. The number of carbonyl (C=O) groups is 2. The van der Waals surface area contributed by atoms with E-state index >= 15 is 0 Å². The molecule has 2 atom stereocenters. The van der Waals surface area contributed by atoms with Gasteiger partial charge in [-0.2, -0.15) is 10.1 Å². The third-order valence-electron chi connectivity index (χ3n) is 7.10. The van der Waals surface area contributed by atoms with Crippen molar-refractivity contribution in [1.82, 2.24) is 5.01 Å². The molecule has 7 heteroatoms. The minimum absolute atomic E-state index is 0.101. The van der Waals surface area contributed by atoms with Crippen molar-refractivity contribution in [1.29, 1.82) is 0 Å². The van der Waals surface area contributed by atoms with Gasteiger partial charge in [0.15, 0.2) is 11.5 Å². The second kappa shape index (κ2) is 7.71. The molecule has 34 heavy (non-hydrogen) atoms. The molecule has 1 saturated heterocycles. The predicted molar refractivity (Wildman–Crippen MR) is 127 cm³/mol. The molecule has 0 spiro atoms. The van der Waals surface area contributed by atoms with Crippen LogP contribution >= 0.6 is 11.6 Å². The lowest BCUT2D eigenvalue weighted by atomic mass is 9.55. The van der Waals surface area contributed by atoms with Gasteiger partial charge in [0.05, 0.1) is 29.7 Å². The van der Waals surface area contributed by atoms with Gasteiger partial charge in [-0.05, 0) is 46.9 Å². The molecule has 1 fully saturated rings. The van der Waals surface area contributed by atoms with Gasteiger partial charge < -0.3 is 9.84 Å². The van der Waals surface area contributed by atoms with Gasteiger partial charge in [0.1, 0.15) is 0 Å². The Morgan fingerprint density at radius 3 is 1.91 bits per heavy atom. The fraction of sp³-hybridized carbons (Fsp3) is 0.222. The summed E-state index contributed by atoms with van der Waals surface area (Å²) in [5.74, 6) is -1.84. The highest BCUT2D eigenvalue weighted by molar-refractivity contribution is 6.32. The number of nitrogens with zero attached hydrogens (tertiary/aromatic N) is 2. The third kappa shape index (κ3) is 2.85. The smallest absolute Gasteiger partial charge is 0.254 e. The molecule has 1 heterocycles. The number of phenolic OH excluding ortho intramolecular Hbond substituents is 1. The topological polar surface area (TPSA) is 79.2 Å². The summed E-state index contributed by atoms with van der Waals surface area (Å²) in [6.45, 7) is 2.14. The van der Waals surface area contributed by atoms with E-state index < -0.39 is 11.8 Å². The second-order valence-electron chi connectivity index (χ2n) is 8.78. The first-order valence-corrected chi connectivity index (χ1v) is 11.6. The molecule has 0 aromatic heterocycles. The lowest BCUT2D eigenvalue weighted by molar-refractivity contribution is -0.139. The summed E-state index contributed by atoms with van der Waals surface area (Å²) in [6, 6.07) is 19.3. The van der Waals surface area contributed by atoms with Gasteiger partial charge >= 0.3 is 0 Å². The van der Waals surface area contributed by atoms with E-state index in [-0.39, 0.29) is 40.2 Å². The maximum atomic E-state index is 13.6. The van der Waals surface area contributed by atoms with E-state index in [2.05, 4.69) is 29.4 Å². The summed E-state index contributed by atoms with van der Waals surface area (Å²) < 4.78 is 5.41. The van der Waals surface area contributed by atoms with Crippen LogP contribution in [0.4, 0.5) is 0 Å². The lowest BCUT2D eigenvalue weighted by Crippen LogP contribution is -2.41. The average Bonchev–Trinajstić information content (AvgIpc) is 3.11. The summed E-state index contributed by atoms with van der Waals surface area (Å²) in [5, 5.41) is 15.5. The summed E-state index contributed by atoms with van der Waals surface area (Å²) in [6.07, 6.45) is 1.41. The van der Waals surface area contributed by atoms with Crippen molar-refractivity contribution in [3.8, 4) is 11.5 Å². The van der Waals surface area contributed by atoms with Crippen molar-refractivity contribution in [2.75, 3.05) is 6.61 Å². The standard InChI is InChI=1S/C27H21ClN2O4/c1-2-34-20-12-14(11-19(28)25(20)31)13-29-30-26(32)23-21-15-7-3-4-8-16(15)22(24(23)27(30)33)18-10-6-5-9-17(18)21/h3-13,21-24,31H,2H2,1H3/b29-13+. The molecule has 3 aromatic carbocycles. The summed E-state index contributed by atoms with van der Waals surface area (Å²) >= 11 is 6.12. The van der Waals surface area contributed by atoms with Crippen molar-refractivity contribution < 1.29 is 19.4 Å². The molecule has 1 aliphatic heterocycles. The van der Waals surface area contributed by atoms with Crippen molar-refractivity contribution >= 4 is 29.6 Å². The Kier molecular flexibility index (Phi) is 4.74. The van der Waals surface area contributed by atoms with Crippen LogP contribution in [0.1, 0.15) is 46.6 Å². The molecule has 3 aromatic rings. The van der Waals surface area contributed by atoms with Crippen LogP contribution in [-0.4, -0.2) is 34.8 Å². The number of halogens is 1. The minimum Gasteiger partial charge on any atom is -0.503 e. The molecule has 6 nitrogen and oxygen atoms in total. The minimum atomic E-state index is -0.484. The second-order valence-corrected chi connectivity index (χ2v) is 9.19. The molecule has 2 amide bonds. The van der Waals surface area contributed by atoms with Gasteiger partial charge in [-0.15, -0.1) is 0 Å². The van der Waals surface area contributed by atoms with Gasteiger partial charge in [-0.3, -0.25) is 9.59 Å². The van der Waals surface area contributed by atoms with E-state index in [4.69, 9.17) is 16.3 Å². The number of carbonyl (C=O) groups excluding carboxylic acids is 2. The van der Waals surface area contributed by atoms with E-state index in [9.17, 15) is 14.7 Å². The maximum absolute atomic E-state index is 13.6. The summed E-state index contributed by atoms with van der Waals surface area (Å²) in [5.41, 5.74) is 4.98. The van der Waals surface area contributed by atoms with Crippen LogP contribution in [0.2, 0.25) is 5.02 Å². The largest absolute Gasteiger partial charge is 0.503 e. The van der Waals surface area contributed by atoms with Crippen LogP contribution in [0.25, 0.3) is 0 Å². The quantitative estimate of drug-likeness (QED) is 0.442. The third-order valence-corrected chi connectivity index (χ3v) is 7.39. The van der Waals surface area contributed by atoms with Crippen molar-refractivity contribution in [2.24, 2.45) is 16.9 Å². The van der Waals surface area contributed by atoms with Gasteiger partial charge in [-0.25, -0.2) is 0 Å². The number of amides is 2. The Labute approximate surface area is 201 Å². The number of aromatic hydroxyl groups is 1. The fourth-order valence-electron chi connectivity index (χ4n) is 5.83. The average molecular weight is 473 g/mol. The van der Waals surface area contributed by atoms with Crippen LogP contribution in [0.5, 0.6) is 11.5 Å². The van der Waals surface area contributed by atoms with Crippen LogP contribution in [0, 0.1) is 11.8 Å². The Morgan fingerprint density at radius 1 is 0.941 bits per heavy atom. The number of hydrogen-bond donors (Lipinski definition) is 1. The van der Waals surface area contributed by atoms with Gasteiger partial charge in [0.2, 0.25) is 0 Å². The zero-order valence-corrected chi connectivity index (χ0v) is 19.1. The first-order chi connectivity index (χ1) is 16.5. The fourth-order valence-corrected chi connectivity index (χ4v) is 6.05. The maximum Gasteiger partial charge on any atom is 0.254 e. The molecule has 0 radical (unpaired) electrons. The van der Waals surface area contributed by atoms with E-state index in [1.165, 1.54) is 12.3 Å². The van der Waals surface area contributed by atoms with E-state index in [1.807, 2.05) is 24.3 Å². The molecular weight excluding hydrogens is 452 g/mol. The molecular formula is C27H21ClN2O4. The van der Waals surface area contributed by atoms with E-state index in [1.54, 1.807) is 13.0 Å². The van der Waals surface area contributed by atoms with Gasteiger partial charge in [0.25, 0.3) is 11.8 Å². The van der Waals surface area contributed by atoms with Crippen LogP contribution in [-0.2, 0) is 9.59 Å². The van der Waals surface area contributed by atoms with Crippen LogP contribution < -0.4 is 4.74 Å². The number of ether oxygens (including phenoxy) is 1. The normalized spacial score (nSPS) is 24.4. The highest BCUT2D eigenvalue weighted by Gasteiger charge is 2.61. The Morgan fingerprint density at radius 2 is 1.44 bits per heavy atom. The zero-order valence-electron chi connectivity index (χ0n) is 18.3. The number of hydrazone groups is 1. The number of phenols is 1. The molecule has 170 valence electrons. The monoisotopic (exact) mass is 472 g/mol. The number of benzene rings is 3. The molecule has 0 saturated carbocycles. The molecule has 2 unspecified atom stereocenters. The number of rotatable bonds is 4. The highest BCUT2D eigenvalue weighted by atomic mass is 35.5. The Bertz CT molecular complexity index is 1270. The predicted octanol–water partition coefficient (Wildman–Crippen LogP) is 4.67. The van der Waals surface area contributed by atoms with Crippen molar-refractivity contribution in [3.05, 3.63) is 93.5 Å². The SMILES string of the molecule is CCOc1cc(/C=N/N2C(=O)C3C4c5ccccc5C(c5ccccc54)C3C2=O)cc(Cl)c1O.